The third-order valence-electron chi connectivity index (χ3n) is 17.7. The average molecular weight is 1490 g/mol. The van der Waals surface area contributed by atoms with Crippen LogP contribution in [0.25, 0.3) is 10.4 Å². The van der Waals surface area contributed by atoms with Crippen LogP contribution in [-0.2, 0) is 141 Å². The Morgan fingerprint density at radius 2 is 1.13 bits per heavy atom. The van der Waals surface area contributed by atoms with E-state index in [4.69, 9.17) is 86.1 Å². The summed E-state index contributed by atoms with van der Waals surface area (Å²) in [6.45, 7) is 5.60. The fourth-order valence-electron chi connectivity index (χ4n) is 13.0. The molecule has 4 N–H and O–H groups in total. The Bertz CT molecular complexity index is 3470. The highest BCUT2D eigenvalue weighted by molar-refractivity contribution is 5.79. The molecule has 4 aromatic carbocycles. The maximum atomic E-state index is 16.0. The number of esters is 5. The number of amides is 2. The maximum absolute atomic E-state index is 16.0. The van der Waals surface area contributed by atoms with Crippen molar-refractivity contribution in [3.63, 3.8) is 0 Å². The van der Waals surface area contributed by atoms with E-state index < -0.39 is 190 Å². The van der Waals surface area contributed by atoms with Crippen molar-refractivity contribution in [2.75, 3.05) is 40.1 Å². The highest BCUT2D eigenvalue weighted by atomic mass is 19.1. The lowest BCUT2D eigenvalue weighted by Gasteiger charge is -2.52. The number of hydrogen-bond donors (Lipinski definition) is 4. The second-order valence-electron chi connectivity index (χ2n) is 25.9. The Labute approximate surface area is 613 Å². The highest BCUT2D eigenvalue weighted by Gasteiger charge is 2.63. The van der Waals surface area contributed by atoms with Gasteiger partial charge in [-0.3, -0.25) is 28.8 Å². The van der Waals surface area contributed by atoms with E-state index in [0.717, 1.165) is 64.0 Å². The molecule has 580 valence electrons. The van der Waals surface area contributed by atoms with Gasteiger partial charge in [0.15, 0.2) is 31.1 Å². The molecular weight excluding hydrogens is 1390 g/mol. The lowest BCUT2D eigenvalue weighted by Crippen LogP contribution is -2.72. The summed E-state index contributed by atoms with van der Waals surface area (Å²) in [5, 5.41) is 34.5. The molecule has 2 amide bonds. The second kappa shape index (κ2) is 41.8. The number of aliphatic hydroxyl groups is 2. The zero-order valence-electron chi connectivity index (χ0n) is 60.4. The lowest BCUT2D eigenvalue weighted by molar-refractivity contribution is -0.393. The van der Waals surface area contributed by atoms with Crippen LogP contribution in [0.2, 0.25) is 0 Å². The lowest BCUT2D eigenvalue weighted by atomic mass is 9.87. The van der Waals surface area contributed by atoms with E-state index in [-0.39, 0.29) is 46.2 Å². The van der Waals surface area contributed by atoms with E-state index in [1.807, 2.05) is 109 Å². The molecule has 4 heterocycles. The molecule has 0 aromatic heterocycles. The predicted octanol–water partition coefficient (Wildman–Crippen LogP) is 5.91. The van der Waals surface area contributed by atoms with Gasteiger partial charge in [0.25, 0.3) is 5.79 Å². The average Bonchev–Trinajstić information content (AvgIpc) is 0.748. The summed E-state index contributed by atoms with van der Waals surface area (Å²) in [4.78, 5) is 96.3. The monoisotopic (exact) mass is 1490 g/mol. The Kier molecular flexibility index (Phi) is 32.9. The number of carbonyl (C=O) groups excluding carboxylic acids is 7. The molecule has 4 aliphatic rings. The molecule has 0 bridgehead atoms. The van der Waals surface area contributed by atoms with Gasteiger partial charge >= 0.3 is 29.8 Å². The van der Waals surface area contributed by atoms with Crippen LogP contribution in [-0.4, -0.2) is 220 Å². The molecule has 0 saturated carbocycles. The van der Waals surface area contributed by atoms with Crippen LogP contribution in [0.3, 0.4) is 0 Å². The number of alkyl halides is 1. The van der Waals surface area contributed by atoms with Crippen molar-refractivity contribution >= 4 is 41.7 Å². The number of rotatable bonds is 38. The number of halogens is 1. The summed E-state index contributed by atoms with van der Waals surface area (Å²) in [6.07, 6.45) is -29.3. The van der Waals surface area contributed by atoms with Gasteiger partial charge in [-0.25, -0.2) is 9.18 Å². The van der Waals surface area contributed by atoms with Crippen molar-refractivity contribution in [2.24, 2.45) is 5.11 Å². The number of benzene rings is 4. The van der Waals surface area contributed by atoms with Gasteiger partial charge in [-0.1, -0.05) is 139 Å². The van der Waals surface area contributed by atoms with E-state index >= 15 is 4.39 Å². The number of carbonyl (C=O) groups is 7. The van der Waals surface area contributed by atoms with E-state index in [9.17, 15) is 43.8 Å². The first-order valence-corrected chi connectivity index (χ1v) is 35.0. The number of hydrogen-bond acceptors (Lipinski definition) is 27. The van der Waals surface area contributed by atoms with Crippen molar-refractivity contribution < 1.29 is 129 Å². The van der Waals surface area contributed by atoms with Crippen LogP contribution in [0.15, 0.2) is 126 Å². The highest BCUT2D eigenvalue weighted by Crippen LogP contribution is 2.42. The third kappa shape index (κ3) is 24.2. The minimum atomic E-state index is -3.10. The number of azide groups is 1. The van der Waals surface area contributed by atoms with Crippen LogP contribution in [0.5, 0.6) is 0 Å². The predicted molar refractivity (Wildman–Crippen MR) is 367 cm³/mol. The Hall–Kier alpha value is -8.15. The molecule has 4 aromatic rings. The summed E-state index contributed by atoms with van der Waals surface area (Å²) >= 11 is 0. The van der Waals surface area contributed by atoms with Crippen LogP contribution in [0, 0.1) is 0 Å². The SMILES string of the molecule is COC(=O)[C@@]1(O[C@H]2[C@@H](O)[C@@H](CF)O[C@@H](O[C@H]3[C@H](O[C@@H]4O[C@@H](C)[C@@H](OCc5ccccc5)[C@@H](OCc5ccccc5)[C@@H]4OCc4ccccc4)[C@@H](NC(C)=O)[C@H](OCCCCCCN=[N+]=[N-])O[C@@H]3COCc3ccccc3)[C@@H]2O)C[C@H](OC(C)=O)[C@@H](NC(C)=O)[C@H]([C@H](OC(C)=O)[C@@H](COC(C)=O)OC(C)=O)O1. The second-order valence-corrected chi connectivity index (χ2v) is 25.9. The number of nitrogens with one attached hydrogen (secondary N) is 2. The fourth-order valence-corrected chi connectivity index (χ4v) is 13.0. The van der Waals surface area contributed by atoms with Gasteiger partial charge < -0.3 is 101 Å². The summed E-state index contributed by atoms with van der Waals surface area (Å²) in [5.74, 6) is -10.1. The van der Waals surface area contributed by atoms with Gasteiger partial charge in [-0.15, -0.1) is 0 Å². The molecule has 0 aliphatic carbocycles. The van der Waals surface area contributed by atoms with Crippen LogP contribution in [0.4, 0.5) is 4.39 Å². The third-order valence-corrected chi connectivity index (χ3v) is 17.7. The molecule has 32 heteroatoms. The Balaban J connectivity index is 1.26. The molecule has 0 spiro atoms. The van der Waals surface area contributed by atoms with Crippen LogP contribution < -0.4 is 10.6 Å². The number of nitrogens with zero attached hydrogens (tertiary/aromatic N) is 3. The number of unbranched alkanes of at least 4 members (excludes halogenated alkanes) is 3. The normalized spacial score (nSPS) is 29.2. The first kappa shape index (κ1) is 83.5. The zero-order valence-corrected chi connectivity index (χ0v) is 60.4. The maximum Gasteiger partial charge on any atom is 0.366 e. The number of aliphatic hydroxyl groups excluding tert-OH is 2. The minimum absolute atomic E-state index is 0.0229. The zero-order chi connectivity index (χ0) is 76.3. The summed E-state index contributed by atoms with van der Waals surface area (Å²) in [7, 11) is 0.884. The Morgan fingerprint density at radius 3 is 1.67 bits per heavy atom. The van der Waals surface area contributed by atoms with E-state index in [1.54, 1.807) is 19.1 Å². The minimum Gasteiger partial charge on any atom is -0.465 e. The van der Waals surface area contributed by atoms with Crippen molar-refractivity contribution in [3.8, 4) is 0 Å². The van der Waals surface area contributed by atoms with Crippen LogP contribution in [0.1, 0.15) is 103 Å². The van der Waals surface area contributed by atoms with Crippen LogP contribution >= 0.6 is 0 Å². The molecule has 0 radical (unpaired) electrons. The van der Waals surface area contributed by atoms with Crippen molar-refractivity contribution in [1.82, 2.24) is 10.6 Å². The van der Waals surface area contributed by atoms with E-state index in [0.29, 0.717) is 25.7 Å². The van der Waals surface area contributed by atoms with Crippen molar-refractivity contribution in [1.29, 1.82) is 0 Å². The molecule has 21 atom stereocenters. The smallest absolute Gasteiger partial charge is 0.366 e. The van der Waals surface area contributed by atoms with Gasteiger partial charge in [0.1, 0.15) is 92.6 Å². The van der Waals surface area contributed by atoms with Gasteiger partial charge in [0.2, 0.25) is 11.8 Å². The summed E-state index contributed by atoms with van der Waals surface area (Å²) in [6, 6.07) is 34.0. The molecule has 106 heavy (non-hydrogen) atoms. The van der Waals surface area contributed by atoms with Gasteiger partial charge in [-0.05, 0) is 47.6 Å². The van der Waals surface area contributed by atoms with Crippen molar-refractivity contribution in [3.05, 3.63) is 154 Å². The fraction of sp³-hybridized carbons (Fsp3) is 0.581. The van der Waals surface area contributed by atoms with E-state index in [1.165, 1.54) is 6.92 Å². The number of methoxy groups -OCH3 is 1. The molecule has 8 rings (SSSR count). The first-order valence-electron chi connectivity index (χ1n) is 35.0. The molecule has 4 saturated heterocycles. The van der Waals surface area contributed by atoms with Gasteiger partial charge in [-0.2, -0.15) is 0 Å². The van der Waals surface area contributed by atoms with Gasteiger partial charge in [0.05, 0.1) is 58.7 Å². The van der Waals surface area contributed by atoms with Crippen molar-refractivity contribution in [2.45, 2.75) is 235 Å². The molecular formula is C74H96FN5O26. The summed E-state index contributed by atoms with van der Waals surface area (Å²) in [5.41, 5.74) is 12.0. The molecule has 4 fully saturated rings. The number of ether oxygens (including phenoxy) is 17. The van der Waals surface area contributed by atoms with Gasteiger partial charge in [0, 0.05) is 59.6 Å². The first-order chi connectivity index (χ1) is 51.0. The Morgan fingerprint density at radius 1 is 0.594 bits per heavy atom. The molecule has 31 nitrogen and oxygen atoms in total. The quantitative estimate of drug-likeness (QED) is 0.0101. The largest absolute Gasteiger partial charge is 0.465 e. The molecule has 0 unspecified atom stereocenters. The standard InChI is InChI=1S/C74H96FN5O26/c1-43-62(94-38-51-27-17-12-18-28-51)68(95-39-52-29-19-13-20-30-52)69(96-40-53-31-21-14-22-32-53)72(97-43)104-65-59(79-45(3)82)70(92-34-24-10-9-23-33-77-80-76)102-56(41-91-37-50-25-15-11-16-26-50)63(65)103-71-61(88)67(60(87)55(36-75)101-71)106-74(73(89)90-8)35-54(98-47(5)84)58(78-44(2)81)66(105-74)64(100-49(7)86)57(99-48(6)85)42-93-46(4)83/h11-22,25-32,43,54-72,87-88H,9-10,23-24,33-42H2,1-8H3,(H,78,81)(H,79,82)/t43-,54-,55+,56+,57+,58+,59+,60-,61+,62+,63+,64+,65+,66+,67-,68+,69-,70+,71-,72-,74-/m0/s1. The topological polar surface area (TPSA) is 390 Å². The molecule has 4 aliphatic heterocycles. The summed E-state index contributed by atoms with van der Waals surface area (Å²) < 4.78 is 125. The van der Waals surface area contributed by atoms with E-state index in [2.05, 4.69) is 20.7 Å².